The van der Waals surface area contributed by atoms with Crippen molar-refractivity contribution in [1.82, 2.24) is 9.78 Å². The molecule has 1 aromatic heterocycles. The van der Waals surface area contributed by atoms with Crippen LogP contribution in [0.25, 0.3) is 10.9 Å². The van der Waals surface area contributed by atoms with E-state index in [2.05, 4.69) is 21.9 Å². The van der Waals surface area contributed by atoms with Crippen LogP contribution < -0.4 is 0 Å². The first-order chi connectivity index (χ1) is 6.86. The molecule has 2 aromatic rings. The van der Waals surface area contributed by atoms with E-state index in [1.807, 2.05) is 18.2 Å². The number of aromatic nitrogens is 2. The van der Waals surface area contributed by atoms with Crippen LogP contribution in [-0.2, 0) is 0 Å². The zero-order chi connectivity index (χ0) is 9.54. The molecule has 1 aliphatic rings. The molecule has 1 saturated carbocycles. The Morgan fingerprint density at radius 1 is 1.43 bits per heavy atom. The van der Waals surface area contributed by atoms with E-state index < -0.39 is 0 Å². The van der Waals surface area contributed by atoms with Crippen LogP contribution >= 0.6 is 0 Å². The molecule has 0 atom stereocenters. The molecule has 68 valence electrons. The number of hydrogen-bond acceptors (Lipinski definition) is 1. The lowest BCUT2D eigenvalue weighted by Crippen LogP contribution is -1.92. The van der Waals surface area contributed by atoms with Crippen molar-refractivity contribution in [3.63, 3.8) is 0 Å². The second kappa shape index (κ2) is 2.62. The summed E-state index contributed by atoms with van der Waals surface area (Å²) in [6.07, 6.45) is 9.96. The molecule has 0 unspecified atom stereocenters. The Balaban J connectivity index is 2.18. The fraction of sp³-hybridized carbons (Fsp3) is 0.250. The molecule has 0 spiro atoms. The van der Waals surface area contributed by atoms with E-state index in [9.17, 15) is 0 Å². The Kier molecular flexibility index (Phi) is 1.43. The van der Waals surface area contributed by atoms with Crippen LogP contribution in [0.1, 0.15) is 24.4 Å². The number of nitrogens with zero attached hydrogens (tertiary/aromatic N) is 2. The van der Waals surface area contributed by atoms with Gasteiger partial charge in [0.25, 0.3) is 0 Å². The Morgan fingerprint density at radius 3 is 3.00 bits per heavy atom. The van der Waals surface area contributed by atoms with Crippen LogP contribution in [0.15, 0.2) is 24.4 Å². The SMILES string of the molecule is C#Cc1ccc2cn(C3CC3)nc2c1. The van der Waals surface area contributed by atoms with Gasteiger partial charge < -0.3 is 0 Å². The van der Waals surface area contributed by atoms with Crippen molar-refractivity contribution in [2.45, 2.75) is 18.9 Å². The predicted molar refractivity (Wildman–Crippen MR) is 55.9 cm³/mol. The maximum atomic E-state index is 5.34. The number of terminal acetylenes is 1. The Labute approximate surface area is 82.5 Å². The van der Waals surface area contributed by atoms with Gasteiger partial charge in [-0.05, 0) is 31.0 Å². The molecule has 1 aromatic carbocycles. The van der Waals surface area contributed by atoms with Crippen LogP contribution in [-0.4, -0.2) is 9.78 Å². The molecular formula is C12H10N2. The highest BCUT2D eigenvalue weighted by Crippen LogP contribution is 2.35. The molecular weight excluding hydrogens is 172 g/mol. The Bertz CT molecular complexity index is 527. The van der Waals surface area contributed by atoms with Gasteiger partial charge in [-0.2, -0.15) is 5.10 Å². The maximum Gasteiger partial charge on any atom is 0.0935 e. The number of hydrogen-bond donors (Lipinski definition) is 0. The van der Waals surface area contributed by atoms with Crippen molar-refractivity contribution in [2.75, 3.05) is 0 Å². The average molecular weight is 182 g/mol. The van der Waals surface area contributed by atoms with E-state index in [-0.39, 0.29) is 0 Å². The number of rotatable bonds is 1. The molecule has 1 heterocycles. The summed E-state index contributed by atoms with van der Waals surface area (Å²) in [5.74, 6) is 2.62. The first-order valence-corrected chi connectivity index (χ1v) is 4.82. The summed E-state index contributed by atoms with van der Waals surface area (Å²) in [6.45, 7) is 0. The first-order valence-electron chi connectivity index (χ1n) is 4.82. The van der Waals surface area contributed by atoms with Crippen molar-refractivity contribution in [3.8, 4) is 12.3 Å². The third kappa shape index (κ3) is 1.10. The van der Waals surface area contributed by atoms with E-state index in [1.54, 1.807) is 0 Å². The smallest absolute Gasteiger partial charge is 0.0935 e. The summed E-state index contributed by atoms with van der Waals surface area (Å²) < 4.78 is 2.06. The minimum Gasteiger partial charge on any atom is -0.268 e. The van der Waals surface area contributed by atoms with Gasteiger partial charge in [0.05, 0.1) is 11.6 Å². The summed E-state index contributed by atoms with van der Waals surface area (Å²) in [6, 6.07) is 6.60. The highest BCUT2D eigenvalue weighted by atomic mass is 15.3. The molecule has 3 rings (SSSR count). The summed E-state index contributed by atoms with van der Waals surface area (Å²) in [7, 11) is 0. The van der Waals surface area contributed by atoms with Crippen molar-refractivity contribution >= 4 is 10.9 Å². The van der Waals surface area contributed by atoms with Crippen molar-refractivity contribution < 1.29 is 0 Å². The summed E-state index contributed by atoms with van der Waals surface area (Å²) in [4.78, 5) is 0. The second-order valence-electron chi connectivity index (χ2n) is 3.76. The Morgan fingerprint density at radius 2 is 2.29 bits per heavy atom. The molecule has 1 fully saturated rings. The van der Waals surface area contributed by atoms with E-state index in [0.29, 0.717) is 6.04 Å². The van der Waals surface area contributed by atoms with Gasteiger partial charge in [-0.1, -0.05) is 5.92 Å². The van der Waals surface area contributed by atoms with E-state index in [0.717, 1.165) is 11.1 Å². The van der Waals surface area contributed by atoms with Crippen molar-refractivity contribution in [3.05, 3.63) is 30.0 Å². The second-order valence-corrected chi connectivity index (χ2v) is 3.76. The molecule has 0 aliphatic heterocycles. The van der Waals surface area contributed by atoms with E-state index in [1.165, 1.54) is 18.2 Å². The van der Waals surface area contributed by atoms with E-state index >= 15 is 0 Å². The van der Waals surface area contributed by atoms with E-state index in [4.69, 9.17) is 6.42 Å². The van der Waals surface area contributed by atoms with Gasteiger partial charge in [0.2, 0.25) is 0 Å². The molecule has 0 radical (unpaired) electrons. The van der Waals surface area contributed by atoms with Gasteiger partial charge >= 0.3 is 0 Å². The van der Waals surface area contributed by atoms with Crippen molar-refractivity contribution in [1.29, 1.82) is 0 Å². The van der Waals surface area contributed by atoms with Gasteiger partial charge in [0.15, 0.2) is 0 Å². The third-order valence-electron chi connectivity index (χ3n) is 2.61. The molecule has 0 saturated heterocycles. The lowest BCUT2D eigenvalue weighted by atomic mass is 10.2. The third-order valence-corrected chi connectivity index (χ3v) is 2.61. The zero-order valence-corrected chi connectivity index (χ0v) is 7.77. The van der Waals surface area contributed by atoms with Crippen molar-refractivity contribution in [2.24, 2.45) is 0 Å². The fourth-order valence-corrected chi connectivity index (χ4v) is 1.65. The van der Waals surface area contributed by atoms with Crippen LogP contribution in [0.5, 0.6) is 0 Å². The van der Waals surface area contributed by atoms with Crippen LogP contribution in [0.3, 0.4) is 0 Å². The predicted octanol–water partition coefficient (Wildman–Crippen LogP) is 2.35. The monoisotopic (exact) mass is 182 g/mol. The molecule has 2 heteroatoms. The summed E-state index contributed by atoms with van der Waals surface area (Å²) in [5, 5.41) is 5.68. The average Bonchev–Trinajstić information content (AvgIpc) is 2.97. The normalized spacial score (nSPS) is 15.6. The molecule has 0 bridgehead atoms. The van der Waals surface area contributed by atoms with Gasteiger partial charge in [-0.15, -0.1) is 6.42 Å². The largest absolute Gasteiger partial charge is 0.268 e. The standard InChI is InChI=1S/C12H10N2/c1-2-9-3-4-10-8-14(11-5-6-11)13-12(10)7-9/h1,3-4,7-8,11H,5-6H2. The maximum absolute atomic E-state index is 5.34. The highest BCUT2D eigenvalue weighted by Gasteiger charge is 2.24. The summed E-state index contributed by atoms with van der Waals surface area (Å²) in [5.41, 5.74) is 1.91. The first kappa shape index (κ1) is 7.64. The quantitative estimate of drug-likeness (QED) is 0.619. The van der Waals surface area contributed by atoms with Crippen LogP contribution in [0.2, 0.25) is 0 Å². The van der Waals surface area contributed by atoms with Gasteiger partial charge in [-0.3, -0.25) is 4.68 Å². The van der Waals surface area contributed by atoms with Gasteiger partial charge in [0.1, 0.15) is 0 Å². The lowest BCUT2D eigenvalue weighted by Gasteiger charge is -1.92. The zero-order valence-electron chi connectivity index (χ0n) is 7.77. The Hall–Kier alpha value is -1.75. The topological polar surface area (TPSA) is 17.8 Å². The van der Waals surface area contributed by atoms with Gasteiger partial charge in [-0.25, -0.2) is 0 Å². The number of fused-ring (bicyclic) bond motifs is 1. The van der Waals surface area contributed by atoms with Crippen LogP contribution in [0, 0.1) is 12.3 Å². The minimum atomic E-state index is 0.636. The molecule has 1 aliphatic carbocycles. The fourth-order valence-electron chi connectivity index (χ4n) is 1.65. The molecule has 0 N–H and O–H groups in total. The summed E-state index contributed by atoms with van der Waals surface area (Å²) >= 11 is 0. The highest BCUT2D eigenvalue weighted by molar-refractivity contribution is 5.79. The molecule has 2 nitrogen and oxygen atoms in total. The van der Waals surface area contributed by atoms with Crippen LogP contribution in [0.4, 0.5) is 0 Å². The minimum absolute atomic E-state index is 0.636. The lowest BCUT2D eigenvalue weighted by molar-refractivity contribution is 0.649. The van der Waals surface area contributed by atoms with Gasteiger partial charge in [0, 0.05) is 17.1 Å². The molecule has 0 amide bonds. The number of benzene rings is 1. The molecule has 14 heavy (non-hydrogen) atoms.